The molecule has 2 nitrogen and oxygen atoms in total. The van der Waals surface area contributed by atoms with E-state index < -0.39 is 0 Å². The highest BCUT2D eigenvalue weighted by Crippen LogP contribution is 2.56. The van der Waals surface area contributed by atoms with Crippen molar-refractivity contribution in [3.05, 3.63) is 29.6 Å². The number of rotatable bonds is 2. The summed E-state index contributed by atoms with van der Waals surface area (Å²) in [6, 6.07) is 6.63. The van der Waals surface area contributed by atoms with Crippen molar-refractivity contribution in [1.29, 1.82) is 5.26 Å². The highest BCUT2D eigenvalue weighted by Gasteiger charge is 2.51. The van der Waals surface area contributed by atoms with Gasteiger partial charge in [0.25, 0.3) is 0 Å². The molecule has 5 rings (SSSR count). The Bertz CT molecular complexity index is 552. The lowest BCUT2D eigenvalue weighted by Crippen LogP contribution is -2.54. The van der Waals surface area contributed by atoms with E-state index in [2.05, 4.69) is 11.4 Å². The van der Waals surface area contributed by atoms with Crippen LogP contribution >= 0.6 is 0 Å². The molecule has 0 spiro atoms. The molecule has 0 radical (unpaired) electrons. The first kappa shape index (κ1) is 12.2. The van der Waals surface area contributed by atoms with Crippen LogP contribution in [-0.2, 0) is 0 Å². The molecule has 0 heterocycles. The number of nitriles is 1. The number of anilines is 1. The number of nitrogens with zero attached hydrogens (tertiary/aromatic N) is 1. The van der Waals surface area contributed by atoms with Gasteiger partial charge in [-0.15, -0.1) is 0 Å². The number of benzene rings is 1. The summed E-state index contributed by atoms with van der Waals surface area (Å²) >= 11 is 0. The molecule has 0 saturated heterocycles. The second kappa shape index (κ2) is 4.22. The Morgan fingerprint density at radius 2 is 1.70 bits per heavy atom. The Labute approximate surface area is 119 Å². The maximum Gasteiger partial charge on any atom is 0.124 e. The summed E-state index contributed by atoms with van der Waals surface area (Å²) in [7, 11) is 0. The van der Waals surface area contributed by atoms with E-state index in [9.17, 15) is 9.65 Å². The molecule has 0 atom stereocenters. The molecule has 1 aromatic carbocycles. The standard InChI is InChI=1S/C17H19FN2/c18-15-1-2-16(14(6-15)10-19)20-17-7-11-3-12(8-17)5-13(4-11)9-17/h1-2,6,11-13,20H,3-5,7-9H2. The maximum absolute atomic E-state index is 13.3. The summed E-state index contributed by atoms with van der Waals surface area (Å²) in [6.07, 6.45) is 7.87. The molecule has 3 heteroatoms. The van der Waals surface area contributed by atoms with Crippen molar-refractivity contribution < 1.29 is 4.39 Å². The van der Waals surface area contributed by atoms with Crippen LogP contribution in [0.2, 0.25) is 0 Å². The second-order valence-corrected chi connectivity index (χ2v) is 7.12. The summed E-state index contributed by atoms with van der Waals surface area (Å²) in [4.78, 5) is 0. The van der Waals surface area contributed by atoms with Gasteiger partial charge in [0.05, 0.1) is 11.3 Å². The first-order chi connectivity index (χ1) is 9.66. The average molecular weight is 270 g/mol. The summed E-state index contributed by atoms with van der Waals surface area (Å²) in [6.45, 7) is 0. The van der Waals surface area contributed by atoms with Crippen molar-refractivity contribution >= 4 is 5.69 Å². The topological polar surface area (TPSA) is 35.8 Å². The quantitative estimate of drug-likeness (QED) is 0.879. The molecule has 0 amide bonds. The van der Waals surface area contributed by atoms with Crippen LogP contribution in [-0.4, -0.2) is 5.54 Å². The monoisotopic (exact) mass is 270 g/mol. The van der Waals surface area contributed by atoms with Crippen LogP contribution in [0.1, 0.15) is 44.1 Å². The van der Waals surface area contributed by atoms with E-state index in [1.165, 1.54) is 50.7 Å². The fraction of sp³-hybridized carbons (Fsp3) is 0.588. The predicted molar refractivity (Wildman–Crippen MR) is 75.6 cm³/mol. The lowest BCUT2D eigenvalue weighted by atomic mass is 9.53. The SMILES string of the molecule is N#Cc1cc(F)ccc1NC12CC3CC(CC(C3)C1)C2. The van der Waals surface area contributed by atoms with Crippen molar-refractivity contribution in [1.82, 2.24) is 0 Å². The number of nitrogens with one attached hydrogen (secondary N) is 1. The molecule has 4 aliphatic carbocycles. The van der Waals surface area contributed by atoms with Crippen LogP contribution in [0.5, 0.6) is 0 Å². The van der Waals surface area contributed by atoms with Gasteiger partial charge in [0.1, 0.15) is 11.9 Å². The first-order valence-corrected chi connectivity index (χ1v) is 7.64. The minimum absolute atomic E-state index is 0.165. The Hall–Kier alpha value is -1.56. The van der Waals surface area contributed by atoms with E-state index in [1.54, 1.807) is 6.07 Å². The van der Waals surface area contributed by atoms with Gasteiger partial charge in [-0.1, -0.05) is 0 Å². The van der Waals surface area contributed by atoms with Gasteiger partial charge in [-0.2, -0.15) is 5.26 Å². The molecule has 4 fully saturated rings. The predicted octanol–water partition coefficient (Wildman–Crippen LogP) is 4.08. The third-order valence-corrected chi connectivity index (χ3v) is 5.54. The molecule has 1 aromatic rings. The van der Waals surface area contributed by atoms with Crippen LogP contribution in [0, 0.1) is 34.9 Å². The minimum atomic E-state index is -0.336. The van der Waals surface area contributed by atoms with Gasteiger partial charge < -0.3 is 5.32 Å². The lowest BCUT2D eigenvalue weighted by Gasteiger charge is -2.57. The number of halogens is 1. The van der Waals surface area contributed by atoms with Crippen molar-refractivity contribution in [2.24, 2.45) is 17.8 Å². The highest BCUT2D eigenvalue weighted by molar-refractivity contribution is 5.59. The summed E-state index contributed by atoms with van der Waals surface area (Å²) in [5, 5.41) is 12.8. The van der Waals surface area contributed by atoms with E-state index in [0.717, 1.165) is 23.4 Å². The minimum Gasteiger partial charge on any atom is -0.379 e. The molecule has 104 valence electrons. The maximum atomic E-state index is 13.3. The Morgan fingerprint density at radius 1 is 1.10 bits per heavy atom. The number of hydrogen-bond donors (Lipinski definition) is 1. The zero-order valence-corrected chi connectivity index (χ0v) is 11.5. The average Bonchev–Trinajstić information content (AvgIpc) is 2.39. The van der Waals surface area contributed by atoms with Crippen LogP contribution in [0.25, 0.3) is 0 Å². The van der Waals surface area contributed by atoms with Crippen molar-refractivity contribution in [3.63, 3.8) is 0 Å². The molecule has 0 unspecified atom stereocenters. The van der Waals surface area contributed by atoms with Gasteiger partial charge in [0, 0.05) is 5.54 Å². The Balaban J connectivity index is 1.65. The Kier molecular flexibility index (Phi) is 2.57. The molecule has 4 saturated carbocycles. The van der Waals surface area contributed by atoms with Gasteiger partial charge in [-0.05, 0) is 74.5 Å². The molecule has 4 aliphatic rings. The van der Waals surface area contributed by atoms with E-state index in [1.807, 2.05) is 0 Å². The summed E-state index contributed by atoms with van der Waals surface area (Å²) in [5.41, 5.74) is 1.41. The van der Waals surface area contributed by atoms with Gasteiger partial charge in [-0.25, -0.2) is 4.39 Å². The molecule has 0 aromatic heterocycles. The summed E-state index contributed by atoms with van der Waals surface area (Å²) in [5.74, 6) is 2.25. The molecular formula is C17H19FN2. The molecule has 4 bridgehead atoms. The van der Waals surface area contributed by atoms with Crippen LogP contribution < -0.4 is 5.32 Å². The lowest BCUT2D eigenvalue weighted by molar-refractivity contribution is 0.0107. The Morgan fingerprint density at radius 3 is 2.25 bits per heavy atom. The fourth-order valence-electron chi connectivity index (χ4n) is 5.27. The zero-order chi connectivity index (χ0) is 13.7. The van der Waals surface area contributed by atoms with E-state index >= 15 is 0 Å². The molecule has 0 aliphatic heterocycles. The van der Waals surface area contributed by atoms with Crippen LogP contribution in [0.4, 0.5) is 10.1 Å². The zero-order valence-electron chi connectivity index (χ0n) is 11.5. The van der Waals surface area contributed by atoms with Gasteiger partial charge >= 0.3 is 0 Å². The third-order valence-electron chi connectivity index (χ3n) is 5.54. The summed E-state index contributed by atoms with van der Waals surface area (Å²) < 4.78 is 13.3. The van der Waals surface area contributed by atoms with E-state index in [0.29, 0.717) is 5.56 Å². The largest absolute Gasteiger partial charge is 0.379 e. The van der Waals surface area contributed by atoms with Crippen LogP contribution in [0.3, 0.4) is 0 Å². The fourth-order valence-corrected chi connectivity index (χ4v) is 5.27. The van der Waals surface area contributed by atoms with Gasteiger partial charge in [0.2, 0.25) is 0 Å². The van der Waals surface area contributed by atoms with Crippen molar-refractivity contribution in [2.45, 2.75) is 44.1 Å². The van der Waals surface area contributed by atoms with Gasteiger partial charge in [0.15, 0.2) is 0 Å². The van der Waals surface area contributed by atoms with Crippen molar-refractivity contribution in [3.8, 4) is 6.07 Å². The normalized spacial score (nSPS) is 37.7. The second-order valence-electron chi connectivity index (χ2n) is 7.12. The van der Waals surface area contributed by atoms with E-state index in [4.69, 9.17) is 0 Å². The van der Waals surface area contributed by atoms with Crippen molar-refractivity contribution in [2.75, 3.05) is 5.32 Å². The first-order valence-electron chi connectivity index (χ1n) is 7.64. The molecule has 1 N–H and O–H groups in total. The smallest absolute Gasteiger partial charge is 0.124 e. The third kappa shape index (κ3) is 1.90. The molecule has 20 heavy (non-hydrogen) atoms. The molecular weight excluding hydrogens is 251 g/mol. The van der Waals surface area contributed by atoms with Gasteiger partial charge in [-0.3, -0.25) is 0 Å². The highest BCUT2D eigenvalue weighted by atomic mass is 19.1. The number of hydrogen-bond acceptors (Lipinski definition) is 2. The van der Waals surface area contributed by atoms with E-state index in [-0.39, 0.29) is 11.4 Å². The van der Waals surface area contributed by atoms with Crippen LogP contribution in [0.15, 0.2) is 18.2 Å².